The molecule has 0 atom stereocenters. The van der Waals surface area contributed by atoms with Crippen LogP contribution >= 0.6 is 12.2 Å². The first kappa shape index (κ1) is 19.9. The highest BCUT2D eigenvalue weighted by molar-refractivity contribution is 7.80. The smallest absolute Gasteiger partial charge is 0.281 e. The molecular formula is C22H24N2O3S. The third-order valence-electron chi connectivity index (χ3n) is 4.51. The lowest BCUT2D eigenvalue weighted by atomic mass is 10.1. The number of rotatable bonds is 5. The van der Waals surface area contributed by atoms with E-state index in [1.54, 1.807) is 13.2 Å². The summed E-state index contributed by atoms with van der Waals surface area (Å²) >= 11 is 5.42. The van der Waals surface area contributed by atoms with Crippen molar-refractivity contribution in [3.63, 3.8) is 0 Å². The van der Waals surface area contributed by atoms with Crippen LogP contribution in [0.15, 0.2) is 42.1 Å². The van der Waals surface area contributed by atoms with E-state index < -0.39 is 0 Å². The molecule has 0 radical (unpaired) electrons. The monoisotopic (exact) mass is 396 g/mol. The van der Waals surface area contributed by atoms with Crippen LogP contribution in [-0.2, 0) is 4.79 Å². The summed E-state index contributed by atoms with van der Waals surface area (Å²) in [4.78, 5) is 14.6. The molecule has 1 fully saturated rings. The molecule has 2 aromatic carbocycles. The second-order valence-electron chi connectivity index (χ2n) is 6.94. The second-order valence-corrected chi connectivity index (χ2v) is 7.33. The molecule has 3 rings (SSSR count). The molecule has 0 saturated carbocycles. The normalized spacial score (nSPS) is 15.4. The van der Waals surface area contributed by atoms with Gasteiger partial charge in [0, 0.05) is 5.56 Å². The molecule has 1 aliphatic rings. The summed E-state index contributed by atoms with van der Waals surface area (Å²) in [6, 6.07) is 11.4. The SMILES string of the molecule is COc1cccc(/C=C2\NC(=S)N(c3ccc(C)c(C)c3)C2=O)c1OC(C)C. The molecule has 146 valence electrons. The Kier molecular flexibility index (Phi) is 5.70. The van der Waals surface area contributed by atoms with E-state index in [1.807, 2.05) is 64.1 Å². The molecule has 2 aromatic rings. The lowest BCUT2D eigenvalue weighted by Gasteiger charge is -2.16. The van der Waals surface area contributed by atoms with Crippen LogP contribution in [-0.4, -0.2) is 24.2 Å². The maximum atomic E-state index is 13.0. The summed E-state index contributed by atoms with van der Waals surface area (Å²) in [6.45, 7) is 7.93. The number of anilines is 1. The molecule has 0 spiro atoms. The summed E-state index contributed by atoms with van der Waals surface area (Å²) in [5.41, 5.74) is 4.15. The number of para-hydroxylation sites is 1. The topological polar surface area (TPSA) is 50.8 Å². The van der Waals surface area contributed by atoms with E-state index in [-0.39, 0.29) is 12.0 Å². The minimum Gasteiger partial charge on any atom is -0.493 e. The van der Waals surface area contributed by atoms with Gasteiger partial charge in [0.25, 0.3) is 5.91 Å². The minimum atomic E-state index is -0.202. The van der Waals surface area contributed by atoms with Crippen molar-refractivity contribution >= 4 is 35.0 Å². The average molecular weight is 397 g/mol. The summed E-state index contributed by atoms with van der Waals surface area (Å²) < 4.78 is 11.3. The highest BCUT2D eigenvalue weighted by Gasteiger charge is 2.32. The summed E-state index contributed by atoms with van der Waals surface area (Å²) in [6.07, 6.45) is 1.71. The fraction of sp³-hybridized carbons (Fsp3) is 0.273. The Hall–Kier alpha value is -2.86. The van der Waals surface area contributed by atoms with Gasteiger partial charge in [0.15, 0.2) is 16.6 Å². The summed E-state index contributed by atoms with van der Waals surface area (Å²) in [5, 5.41) is 3.38. The summed E-state index contributed by atoms with van der Waals surface area (Å²) in [5.74, 6) is 1.01. The first-order chi connectivity index (χ1) is 13.3. The van der Waals surface area contributed by atoms with E-state index in [9.17, 15) is 4.79 Å². The van der Waals surface area contributed by atoms with Gasteiger partial charge in [-0.1, -0.05) is 18.2 Å². The van der Waals surface area contributed by atoms with Crippen molar-refractivity contribution in [3.8, 4) is 11.5 Å². The lowest BCUT2D eigenvalue weighted by molar-refractivity contribution is -0.113. The van der Waals surface area contributed by atoms with Crippen LogP contribution in [0.25, 0.3) is 6.08 Å². The van der Waals surface area contributed by atoms with Crippen molar-refractivity contribution < 1.29 is 14.3 Å². The number of ether oxygens (including phenoxy) is 2. The van der Waals surface area contributed by atoms with E-state index in [1.165, 1.54) is 4.90 Å². The zero-order chi connectivity index (χ0) is 20.4. The Morgan fingerprint density at radius 3 is 2.54 bits per heavy atom. The van der Waals surface area contributed by atoms with Crippen LogP contribution in [0.5, 0.6) is 11.5 Å². The number of amides is 1. The molecule has 6 heteroatoms. The number of aryl methyl sites for hydroxylation is 2. The van der Waals surface area contributed by atoms with Crippen molar-refractivity contribution in [2.24, 2.45) is 0 Å². The van der Waals surface area contributed by atoms with Gasteiger partial charge in [-0.15, -0.1) is 0 Å². The van der Waals surface area contributed by atoms with Gasteiger partial charge in [-0.05, 0) is 75.3 Å². The van der Waals surface area contributed by atoms with E-state index in [0.29, 0.717) is 22.3 Å². The first-order valence-corrected chi connectivity index (χ1v) is 9.50. The molecule has 0 unspecified atom stereocenters. The Morgan fingerprint density at radius 2 is 1.89 bits per heavy atom. The fourth-order valence-electron chi connectivity index (χ4n) is 2.96. The number of hydrogen-bond donors (Lipinski definition) is 1. The third-order valence-corrected chi connectivity index (χ3v) is 4.79. The molecule has 28 heavy (non-hydrogen) atoms. The molecule has 0 bridgehead atoms. The van der Waals surface area contributed by atoms with Crippen LogP contribution in [0.2, 0.25) is 0 Å². The highest BCUT2D eigenvalue weighted by atomic mass is 32.1. The number of carbonyl (C=O) groups is 1. The van der Waals surface area contributed by atoms with E-state index in [4.69, 9.17) is 21.7 Å². The van der Waals surface area contributed by atoms with Crippen LogP contribution < -0.4 is 19.7 Å². The Morgan fingerprint density at radius 1 is 1.14 bits per heavy atom. The predicted octanol–water partition coefficient (Wildman–Crippen LogP) is 4.36. The van der Waals surface area contributed by atoms with Crippen LogP contribution in [0.1, 0.15) is 30.5 Å². The van der Waals surface area contributed by atoms with Gasteiger partial charge in [0.05, 0.1) is 18.9 Å². The maximum absolute atomic E-state index is 13.0. The van der Waals surface area contributed by atoms with Gasteiger partial charge < -0.3 is 14.8 Å². The quantitative estimate of drug-likeness (QED) is 0.601. The Labute approximate surface area is 170 Å². The van der Waals surface area contributed by atoms with Gasteiger partial charge in [-0.2, -0.15) is 0 Å². The maximum Gasteiger partial charge on any atom is 0.281 e. The highest BCUT2D eigenvalue weighted by Crippen LogP contribution is 2.34. The average Bonchev–Trinajstić information content (AvgIpc) is 2.92. The van der Waals surface area contributed by atoms with Crippen LogP contribution in [0.4, 0.5) is 5.69 Å². The summed E-state index contributed by atoms with van der Waals surface area (Å²) in [7, 11) is 1.59. The van der Waals surface area contributed by atoms with E-state index >= 15 is 0 Å². The standard InChI is InChI=1S/C22H24N2O3S/c1-13(2)27-20-16(7-6-8-19(20)26-5)12-18-21(25)24(22(28)23-18)17-10-9-14(3)15(4)11-17/h6-13H,1-5H3,(H,23,28)/b18-12-. The number of hydrogen-bond acceptors (Lipinski definition) is 4. The van der Waals surface area contributed by atoms with Gasteiger partial charge in [0.1, 0.15) is 5.70 Å². The first-order valence-electron chi connectivity index (χ1n) is 9.10. The van der Waals surface area contributed by atoms with Gasteiger partial charge in [-0.3, -0.25) is 9.69 Å². The molecule has 1 heterocycles. The van der Waals surface area contributed by atoms with Crippen LogP contribution in [0.3, 0.4) is 0 Å². The van der Waals surface area contributed by atoms with Crippen molar-refractivity contribution in [1.82, 2.24) is 5.32 Å². The number of thiocarbonyl (C=S) groups is 1. The van der Waals surface area contributed by atoms with Crippen LogP contribution in [0, 0.1) is 13.8 Å². The molecule has 5 nitrogen and oxygen atoms in total. The van der Waals surface area contributed by atoms with Gasteiger partial charge >= 0.3 is 0 Å². The zero-order valence-electron chi connectivity index (χ0n) is 16.7. The van der Waals surface area contributed by atoms with Gasteiger partial charge in [-0.25, -0.2) is 0 Å². The molecule has 0 aromatic heterocycles. The number of carbonyl (C=O) groups excluding carboxylic acids is 1. The fourth-order valence-corrected chi connectivity index (χ4v) is 3.26. The molecule has 0 aliphatic carbocycles. The number of methoxy groups -OCH3 is 1. The Bertz CT molecular complexity index is 966. The van der Waals surface area contributed by atoms with E-state index in [0.717, 1.165) is 22.4 Å². The largest absolute Gasteiger partial charge is 0.493 e. The molecule has 1 N–H and O–H groups in total. The van der Waals surface area contributed by atoms with Crippen molar-refractivity contribution in [2.45, 2.75) is 33.8 Å². The lowest BCUT2D eigenvalue weighted by Crippen LogP contribution is -2.30. The van der Waals surface area contributed by atoms with Crippen molar-refractivity contribution in [2.75, 3.05) is 12.0 Å². The van der Waals surface area contributed by atoms with E-state index in [2.05, 4.69) is 5.32 Å². The van der Waals surface area contributed by atoms with Crippen molar-refractivity contribution in [3.05, 3.63) is 58.8 Å². The molecule has 1 amide bonds. The molecule has 1 aliphatic heterocycles. The second kappa shape index (κ2) is 8.02. The van der Waals surface area contributed by atoms with Gasteiger partial charge in [0.2, 0.25) is 0 Å². The minimum absolute atomic E-state index is 0.0335. The van der Waals surface area contributed by atoms with Crippen molar-refractivity contribution in [1.29, 1.82) is 0 Å². The Balaban J connectivity index is 1.99. The number of benzene rings is 2. The molecule has 1 saturated heterocycles. The predicted molar refractivity (Wildman–Crippen MR) is 116 cm³/mol. The molecular weight excluding hydrogens is 372 g/mol. The third kappa shape index (κ3) is 3.87. The number of nitrogens with zero attached hydrogens (tertiary/aromatic N) is 1. The number of nitrogens with one attached hydrogen (secondary N) is 1. The zero-order valence-corrected chi connectivity index (χ0v) is 17.5.